The number of hydrogen-bond donors (Lipinski definition) is 1. The van der Waals surface area contributed by atoms with Crippen molar-refractivity contribution in [3.8, 4) is 0 Å². The standard InChI is InChI=1S/C19H16ClNO3/c1-13-16(20)8-5-9-17(13)21-19(24)18(23)12-15(22)11-10-14-6-3-2-4-7-14/h2-11H,12H2,1H3,(H,21,24)/b11-10+. The van der Waals surface area contributed by atoms with Crippen molar-refractivity contribution < 1.29 is 14.4 Å². The van der Waals surface area contributed by atoms with E-state index in [1.165, 1.54) is 6.08 Å². The monoisotopic (exact) mass is 341 g/mol. The number of rotatable bonds is 6. The summed E-state index contributed by atoms with van der Waals surface area (Å²) in [5, 5.41) is 2.97. The van der Waals surface area contributed by atoms with Gasteiger partial charge in [0.15, 0.2) is 5.78 Å². The number of hydrogen-bond acceptors (Lipinski definition) is 3. The molecule has 0 bridgehead atoms. The number of nitrogens with one attached hydrogen (secondary N) is 1. The van der Waals surface area contributed by atoms with Crippen LogP contribution in [0, 0.1) is 6.92 Å². The van der Waals surface area contributed by atoms with Crippen molar-refractivity contribution in [1.29, 1.82) is 0 Å². The van der Waals surface area contributed by atoms with E-state index in [4.69, 9.17) is 11.6 Å². The number of halogens is 1. The first-order chi connectivity index (χ1) is 11.5. The summed E-state index contributed by atoms with van der Waals surface area (Å²) >= 11 is 5.96. The van der Waals surface area contributed by atoms with Crippen LogP contribution >= 0.6 is 11.6 Å². The van der Waals surface area contributed by atoms with Gasteiger partial charge in [-0.1, -0.05) is 54.1 Å². The Morgan fingerprint density at radius 1 is 1.04 bits per heavy atom. The predicted octanol–water partition coefficient (Wildman–Crippen LogP) is 3.83. The fourth-order valence-electron chi connectivity index (χ4n) is 1.99. The van der Waals surface area contributed by atoms with Gasteiger partial charge in [0.1, 0.15) is 0 Å². The highest BCUT2D eigenvalue weighted by molar-refractivity contribution is 6.44. The van der Waals surface area contributed by atoms with E-state index in [2.05, 4.69) is 5.32 Å². The number of anilines is 1. The lowest BCUT2D eigenvalue weighted by Gasteiger charge is -2.08. The van der Waals surface area contributed by atoms with E-state index in [0.29, 0.717) is 16.3 Å². The SMILES string of the molecule is Cc1c(Cl)cccc1NC(=O)C(=O)CC(=O)/C=C/c1ccccc1. The fourth-order valence-corrected chi connectivity index (χ4v) is 2.16. The molecular formula is C19H16ClNO3. The maximum absolute atomic E-state index is 11.9. The van der Waals surface area contributed by atoms with Crippen molar-refractivity contribution in [2.24, 2.45) is 0 Å². The number of benzene rings is 2. The van der Waals surface area contributed by atoms with Gasteiger partial charge in [0, 0.05) is 10.7 Å². The molecule has 0 aliphatic heterocycles. The second-order valence-corrected chi connectivity index (χ2v) is 5.58. The lowest BCUT2D eigenvalue weighted by molar-refractivity contribution is -0.136. The molecule has 2 aromatic carbocycles. The molecule has 0 unspecified atom stereocenters. The van der Waals surface area contributed by atoms with Gasteiger partial charge in [0.2, 0.25) is 5.78 Å². The molecule has 2 rings (SSSR count). The lowest BCUT2D eigenvalue weighted by Crippen LogP contribution is -2.25. The summed E-state index contributed by atoms with van der Waals surface area (Å²) in [6.07, 6.45) is 2.43. The summed E-state index contributed by atoms with van der Waals surface area (Å²) < 4.78 is 0. The first kappa shape index (κ1) is 17.6. The summed E-state index contributed by atoms with van der Waals surface area (Å²) in [7, 11) is 0. The number of allylic oxidation sites excluding steroid dienone is 1. The molecule has 1 N–H and O–H groups in total. The minimum absolute atomic E-state index is 0.429. The Labute approximate surface area is 145 Å². The van der Waals surface area contributed by atoms with E-state index in [9.17, 15) is 14.4 Å². The second-order valence-electron chi connectivity index (χ2n) is 5.18. The number of amides is 1. The van der Waals surface area contributed by atoms with Crippen LogP contribution in [0.25, 0.3) is 6.08 Å². The fraction of sp³-hybridized carbons (Fsp3) is 0.105. The molecule has 122 valence electrons. The maximum Gasteiger partial charge on any atom is 0.292 e. The Morgan fingerprint density at radius 2 is 1.75 bits per heavy atom. The molecule has 0 aliphatic rings. The molecule has 0 radical (unpaired) electrons. The molecule has 5 heteroatoms. The average Bonchev–Trinajstić information content (AvgIpc) is 2.58. The van der Waals surface area contributed by atoms with Gasteiger partial charge in [-0.15, -0.1) is 0 Å². The van der Waals surface area contributed by atoms with Crippen LogP contribution in [0.4, 0.5) is 5.69 Å². The summed E-state index contributed by atoms with van der Waals surface area (Å²) in [6.45, 7) is 1.73. The third-order valence-corrected chi connectivity index (χ3v) is 3.77. The van der Waals surface area contributed by atoms with Crippen molar-refractivity contribution in [2.45, 2.75) is 13.3 Å². The van der Waals surface area contributed by atoms with Crippen LogP contribution in [0.5, 0.6) is 0 Å². The third-order valence-electron chi connectivity index (χ3n) is 3.37. The molecule has 0 saturated heterocycles. The summed E-state index contributed by atoms with van der Waals surface area (Å²) in [4.78, 5) is 35.6. The van der Waals surface area contributed by atoms with E-state index in [-0.39, 0.29) is 0 Å². The Kier molecular flexibility index (Phi) is 6.04. The molecule has 4 nitrogen and oxygen atoms in total. The van der Waals surface area contributed by atoms with Crippen LogP contribution in [-0.2, 0) is 14.4 Å². The van der Waals surface area contributed by atoms with Gasteiger partial charge in [0.05, 0.1) is 6.42 Å². The Morgan fingerprint density at radius 3 is 2.46 bits per heavy atom. The van der Waals surface area contributed by atoms with Crippen molar-refractivity contribution in [3.05, 3.63) is 70.8 Å². The smallest absolute Gasteiger partial charge is 0.292 e. The number of carbonyl (C=O) groups is 3. The Hall–Kier alpha value is -2.72. The van der Waals surface area contributed by atoms with E-state index < -0.39 is 23.9 Å². The van der Waals surface area contributed by atoms with Crippen LogP contribution in [0.2, 0.25) is 5.02 Å². The van der Waals surface area contributed by atoms with Crippen LogP contribution in [0.3, 0.4) is 0 Å². The molecule has 0 fully saturated rings. The zero-order valence-corrected chi connectivity index (χ0v) is 13.8. The van der Waals surface area contributed by atoms with Crippen LogP contribution in [0.15, 0.2) is 54.6 Å². The van der Waals surface area contributed by atoms with Gasteiger partial charge < -0.3 is 5.32 Å². The topological polar surface area (TPSA) is 63.2 Å². The van der Waals surface area contributed by atoms with Crippen molar-refractivity contribution in [2.75, 3.05) is 5.32 Å². The van der Waals surface area contributed by atoms with Gasteiger partial charge in [-0.25, -0.2) is 0 Å². The molecule has 1 amide bonds. The van der Waals surface area contributed by atoms with E-state index in [1.807, 2.05) is 30.3 Å². The zero-order chi connectivity index (χ0) is 17.5. The third kappa shape index (κ3) is 4.89. The summed E-state index contributed by atoms with van der Waals surface area (Å²) in [5.41, 5.74) is 1.96. The van der Waals surface area contributed by atoms with E-state index in [0.717, 1.165) is 5.56 Å². The Balaban J connectivity index is 1.94. The summed E-state index contributed by atoms with van der Waals surface area (Å²) in [6, 6.07) is 14.2. The van der Waals surface area contributed by atoms with Gasteiger partial charge in [-0.2, -0.15) is 0 Å². The number of carbonyl (C=O) groups excluding carboxylic acids is 3. The molecule has 24 heavy (non-hydrogen) atoms. The molecule has 0 aliphatic carbocycles. The Bertz CT molecular complexity index is 798. The van der Waals surface area contributed by atoms with Crippen molar-refractivity contribution >= 4 is 40.8 Å². The average molecular weight is 342 g/mol. The quantitative estimate of drug-likeness (QED) is 0.493. The second kappa shape index (κ2) is 8.22. The van der Waals surface area contributed by atoms with E-state index >= 15 is 0 Å². The molecule has 0 saturated carbocycles. The highest BCUT2D eigenvalue weighted by Crippen LogP contribution is 2.22. The zero-order valence-electron chi connectivity index (χ0n) is 13.1. The summed E-state index contributed by atoms with van der Waals surface area (Å²) in [5.74, 6) is -2.05. The molecule has 2 aromatic rings. The van der Waals surface area contributed by atoms with Crippen molar-refractivity contribution in [3.63, 3.8) is 0 Å². The van der Waals surface area contributed by atoms with Gasteiger partial charge in [-0.05, 0) is 36.3 Å². The van der Waals surface area contributed by atoms with Gasteiger partial charge >= 0.3 is 0 Å². The van der Waals surface area contributed by atoms with E-state index in [1.54, 1.807) is 31.2 Å². The van der Waals surface area contributed by atoms with Crippen molar-refractivity contribution in [1.82, 2.24) is 0 Å². The predicted molar refractivity (Wildman–Crippen MR) is 94.9 cm³/mol. The van der Waals surface area contributed by atoms with Crippen LogP contribution in [0.1, 0.15) is 17.5 Å². The molecule has 0 heterocycles. The first-order valence-corrected chi connectivity index (χ1v) is 7.70. The van der Waals surface area contributed by atoms with Crippen LogP contribution in [-0.4, -0.2) is 17.5 Å². The molecule has 0 atom stereocenters. The lowest BCUT2D eigenvalue weighted by atomic mass is 10.1. The van der Waals surface area contributed by atoms with Crippen LogP contribution < -0.4 is 5.32 Å². The minimum Gasteiger partial charge on any atom is -0.319 e. The normalized spacial score (nSPS) is 10.6. The maximum atomic E-state index is 11.9. The largest absolute Gasteiger partial charge is 0.319 e. The minimum atomic E-state index is -0.832. The number of ketones is 2. The number of Topliss-reactive ketones (excluding diaryl/α,β-unsaturated/α-hetero) is 1. The molecule has 0 spiro atoms. The highest BCUT2D eigenvalue weighted by atomic mass is 35.5. The highest BCUT2D eigenvalue weighted by Gasteiger charge is 2.17. The molecule has 0 aromatic heterocycles. The van der Waals surface area contributed by atoms with Gasteiger partial charge in [0.25, 0.3) is 5.91 Å². The molecular weight excluding hydrogens is 326 g/mol. The van der Waals surface area contributed by atoms with Gasteiger partial charge in [-0.3, -0.25) is 14.4 Å². The first-order valence-electron chi connectivity index (χ1n) is 7.32.